The molecule has 0 aromatic carbocycles. The van der Waals surface area contributed by atoms with Crippen LogP contribution < -0.4 is 4.74 Å². The molecular formula is C14H20FN3O2. The monoisotopic (exact) mass is 281 g/mol. The Morgan fingerprint density at radius 1 is 1.10 bits per heavy atom. The van der Waals surface area contributed by atoms with Crippen LogP contribution in [0.3, 0.4) is 0 Å². The molecule has 0 radical (unpaired) electrons. The van der Waals surface area contributed by atoms with E-state index in [-0.39, 0.29) is 12.1 Å². The lowest BCUT2D eigenvalue weighted by Gasteiger charge is -2.38. The lowest BCUT2D eigenvalue weighted by atomic mass is 10.0. The number of hydrogen-bond acceptors (Lipinski definition) is 5. The first-order chi connectivity index (χ1) is 9.81. The number of likely N-dealkylation sites (tertiary alicyclic amines) is 1. The number of halogens is 1. The van der Waals surface area contributed by atoms with Crippen LogP contribution in [0.15, 0.2) is 12.4 Å². The van der Waals surface area contributed by atoms with Crippen LogP contribution in [0.1, 0.15) is 25.7 Å². The largest absolute Gasteiger partial charge is 0.460 e. The predicted octanol–water partition coefficient (Wildman–Crippen LogP) is 1.64. The van der Waals surface area contributed by atoms with E-state index in [0.29, 0.717) is 6.04 Å². The van der Waals surface area contributed by atoms with Crippen molar-refractivity contribution in [3.63, 3.8) is 0 Å². The molecule has 0 unspecified atom stereocenters. The Morgan fingerprint density at radius 3 is 2.40 bits per heavy atom. The second-order valence-electron chi connectivity index (χ2n) is 5.38. The van der Waals surface area contributed by atoms with Gasteiger partial charge in [-0.15, -0.1) is 0 Å². The van der Waals surface area contributed by atoms with E-state index in [9.17, 15) is 4.39 Å². The molecule has 0 N–H and O–H groups in total. The minimum atomic E-state index is -0.438. The molecular weight excluding hydrogens is 261 g/mol. The van der Waals surface area contributed by atoms with Crippen LogP contribution in [0.5, 0.6) is 6.01 Å². The molecule has 2 saturated heterocycles. The molecule has 6 heteroatoms. The highest BCUT2D eigenvalue weighted by atomic mass is 19.1. The standard InChI is InChI=1S/C14H20FN3O2/c15-11-9-16-14(17-10-11)20-13-1-5-18(6-2-13)12-3-7-19-8-4-12/h9-10,12-13H,1-8H2. The average molecular weight is 281 g/mol. The van der Waals surface area contributed by atoms with Crippen LogP contribution in [0.25, 0.3) is 0 Å². The molecule has 0 amide bonds. The molecule has 2 aliphatic heterocycles. The van der Waals surface area contributed by atoms with E-state index in [4.69, 9.17) is 9.47 Å². The first-order valence-corrected chi connectivity index (χ1v) is 7.27. The lowest BCUT2D eigenvalue weighted by Crippen LogP contribution is -2.46. The van der Waals surface area contributed by atoms with E-state index >= 15 is 0 Å². The second kappa shape index (κ2) is 6.45. The molecule has 2 aliphatic rings. The van der Waals surface area contributed by atoms with E-state index < -0.39 is 5.82 Å². The molecule has 0 bridgehead atoms. The van der Waals surface area contributed by atoms with E-state index in [1.807, 2.05) is 0 Å². The summed E-state index contributed by atoms with van der Waals surface area (Å²) in [5.41, 5.74) is 0. The number of nitrogens with zero attached hydrogens (tertiary/aromatic N) is 3. The summed E-state index contributed by atoms with van der Waals surface area (Å²) in [6.07, 6.45) is 6.62. The smallest absolute Gasteiger partial charge is 0.316 e. The predicted molar refractivity (Wildman–Crippen MR) is 71.1 cm³/mol. The molecule has 1 aromatic heterocycles. The summed E-state index contributed by atoms with van der Waals surface area (Å²) in [7, 11) is 0. The summed E-state index contributed by atoms with van der Waals surface area (Å²) >= 11 is 0. The molecule has 0 aliphatic carbocycles. The summed E-state index contributed by atoms with van der Waals surface area (Å²) in [5.74, 6) is -0.438. The van der Waals surface area contributed by atoms with Gasteiger partial charge in [-0.3, -0.25) is 4.90 Å². The summed E-state index contributed by atoms with van der Waals surface area (Å²) in [5, 5.41) is 0. The molecule has 20 heavy (non-hydrogen) atoms. The van der Waals surface area contributed by atoms with Crippen LogP contribution in [0.4, 0.5) is 4.39 Å². The first kappa shape index (κ1) is 13.7. The Bertz CT molecular complexity index is 415. The zero-order valence-corrected chi connectivity index (χ0v) is 11.5. The van der Waals surface area contributed by atoms with Gasteiger partial charge in [-0.05, 0) is 25.7 Å². The van der Waals surface area contributed by atoms with Crippen LogP contribution in [0.2, 0.25) is 0 Å². The summed E-state index contributed by atoms with van der Waals surface area (Å²) in [6.45, 7) is 3.84. The molecule has 3 rings (SSSR count). The Kier molecular flexibility index (Phi) is 4.42. The van der Waals surface area contributed by atoms with Gasteiger partial charge in [0.25, 0.3) is 0 Å². The van der Waals surface area contributed by atoms with Crippen molar-refractivity contribution in [1.29, 1.82) is 0 Å². The number of hydrogen-bond donors (Lipinski definition) is 0. The molecule has 5 nitrogen and oxygen atoms in total. The van der Waals surface area contributed by atoms with Crippen molar-refractivity contribution in [1.82, 2.24) is 14.9 Å². The number of aromatic nitrogens is 2. The Balaban J connectivity index is 1.47. The maximum Gasteiger partial charge on any atom is 0.316 e. The highest BCUT2D eigenvalue weighted by molar-refractivity contribution is 4.97. The van der Waals surface area contributed by atoms with Crippen molar-refractivity contribution in [3.05, 3.63) is 18.2 Å². The van der Waals surface area contributed by atoms with Gasteiger partial charge in [-0.1, -0.05) is 0 Å². The van der Waals surface area contributed by atoms with Gasteiger partial charge in [-0.25, -0.2) is 14.4 Å². The first-order valence-electron chi connectivity index (χ1n) is 7.27. The third kappa shape index (κ3) is 3.43. The van der Waals surface area contributed by atoms with Crippen LogP contribution in [-0.4, -0.2) is 53.3 Å². The van der Waals surface area contributed by atoms with E-state index in [2.05, 4.69) is 14.9 Å². The Labute approximate surface area is 118 Å². The van der Waals surface area contributed by atoms with Crippen LogP contribution in [0, 0.1) is 5.82 Å². The normalized spacial score (nSPS) is 22.9. The Hall–Kier alpha value is -1.27. The quantitative estimate of drug-likeness (QED) is 0.843. The fraction of sp³-hybridized carbons (Fsp3) is 0.714. The molecule has 2 fully saturated rings. The number of rotatable bonds is 3. The van der Waals surface area contributed by atoms with Crippen molar-refractivity contribution in [2.45, 2.75) is 37.8 Å². The van der Waals surface area contributed by atoms with Gasteiger partial charge in [-0.2, -0.15) is 0 Å². The van der Waals surface area contributed by atoms with Crippen LogP contribution in [-0.2, 0) is 4.74 Å². The van der Waals surface area contributed by atoms with Crippen molar-refractivity contribution in [2.24, 2.45) is 0 Å². The maximum atomic E-state index is 12.7. The van der Waals surface area contributed by atoms with Crippen molar-refractivity contribution in [2.75, 3.05) is 26.3 Å². The fourth-order valence-corrected chi connectivity index (χ4v) is 2.92. The molecule has 1 aromatic rings. The number of ether oxygens (including phenoxy) is 2. The average Bonchev–Trinajstić information content (AvgIpc) is 2.51. The van der Waals surface area contributed by atoms with E-state index in [1.54, 1.807) is 0 Å². The van der Waals surface area contributed by atoms with Crippen LogP contribution >= 0.6 is 0 Å². The van der Waals surface area contributed by atoms with Gasteiger partial charge < -0.3 is 9.47 Å². The molecule has 110 valence electrons. The fourth-order valence-electron chi connectivity index (χ4n) is 2.92. The van der Waals surface area contributed by atoms with Gasteiger partial charge in [0.05, 0.1) is 12.4 Å². The summed E-state index contributed by atoms with van der Waals surface area (Å²) in [4.78, 5) is 10.2. The Morgan fingerprint density at radius 2 is 1.75 bits per heavy atom. The molecule has 0 spiro atoms. The summed E-state index contributed by atoms with van der Waals surface area (Å²) in [6, 6.07) is 0.933. The second-order valence-corrected chi connectivity index (χ2v) is 5.38. The van der Waals surface area contributed by atoms with E-state index in [0.717, 1.165) is 64.4 Å². The van der Waals surface area contributed by atoms with Gasteiger partial charge in [0, 0.05) is 32.3 Å². The van der Waals surface area contributed by atoms with Crippen molar-refractivity contribution >= 4 is 0 Å². The molecule has 0 saturated carbocycles. The lowest BCUT2D eigenvalue weighted by molar-refractivity contribution is 0.00869. The summed E-state index contributed by atoms with van der Waals surface area (Å²) < 4.78 is 23.8. The molecule has 3 heterocycles. The maximum absolute atomic E-state index is 12.7. The van der Waals surface area contributed by atoms with Gasteiger partial charge >= 0.3 is 6.01 Å². The van der Waals surface area contributed by atoms with E-state index in [1.165, 1.54) is 0 Å². The zero-order chi connectivity index (χ0) is 13.8. The third-order valence-electron chi connectivity index (χ3n) is 4.05. The third-order valence-corrected chi connectivity index (χ3v) is 4.05. The number of piperidine rings is 1. The van der Waals surface area contributed by atoms with Gasteiger partial charge in [0.15, 0.2) is 5.82 Å². The zero-order valence-electron chi connectivity index (χ0n) is 11.5. The van der Waals surface area contributed by atoms with Crippen molar-refractivity contribution in [3.8, 4) is 6.01 Å². The highest BCUT2D eigenvalue weighted by Gasteiger charge is 2.27. The highest BCUT2D eigenvalue weighted by Crippen LogP contribution is 2.21. The molecule has 0 atom stereocenters. The topological polar surface area (TPSA) is 47.5 Å². The van der Waals surface area contributed by atoms with Crippen molar-refractivity contribution < 1.29 is 13.9 Å². The minimum absolute atomic E-state index is 0.136. The van der Waals surface area contributed by atoms with Gasteiger partial charge in [0.2, 0.25) is 0 Å². The minimum Gasteiger partial charge on any atom is -0.460 e. The van der Waals surface area contributed by atoms with Gasteiger partial charge in [0.1, 0.15) is 6.10 Å². The SMILES string of the molecule is Fc1cnc(OC2CCN(C3CCOCC3)CC2)nc1.